The van der Waals surface area contributed by atoms with Gasteiger partial charge in [-0.2, -0.15) is 32.1 Å². The molecule has 0 unspecified atom stereocenters. The highest BCUT2D eigenvalue weighted by molar-refractivity contribution is 9.11. The van der Waals surface area contributed by atoms with Gasteiger partial charge in [0.15, 0.2) is 11.6 Å². The Morgan fingerprint density at radius 2 is 0.894 bits per heavy atom. The van der Waals surface area contributed by atoms with E-state index in [-0.39, 0.29) is 60.7 Å². The average molecular weight is 1730 g/mol. The van der Waals surface area contributed by atoms with Crippen molar-refractivity contribution in [2.75, 3.05) is 0 Å². The quantitative estimate of drug-likeness (QED) is 0.0281. The molecule has 598 valence electrons. The Morgan fingerprint density at radius 3 is 1.33 bits per heavy atom. The maximum absolute atomic E-state index is 15.1. The predicted octanol–water partition coefficient (Wildman–Crippen LogP) is 18.5. The second-order valence-electron chi connectivity index (χ2n) is 27.6. The lowest BCUT2D eigenvalue weighted by atomic mass is 9.78. The van der Waals surface area contributed by atoms with E-state index in [9.17, 15) is 103 Å². The molecule has 2 amide bonds. The van der Waals surface area contributed by atoms with Gasteiger partial charge in [0, 0.05) is 78.1 Å². The second-order valence-corrected chi connectivity index (χ2v) is 29.3. The topological polar surface area (TPSA) is 217 Å². The maximum Gasteiger partial charge on any atom is 0.494 e. The van der Waals surface area contributed by atoms with E-state index in [0.717, 1.165) is 60.7 Å². The number of hydrogen-bond acceptors (Lipinski definition) is 11. The Labute approximate surface area is 645 Å². The number of nitrogens with zero attached hydrogens (tertiary/aromatic N) is 6. The first-order chi connectivity index (χ1) is 52.6. The number of alkyl halides is 12. The summed E-state index contributed by atoms with van der Waals surface area (Å²) >= 11 is 6.50. The van der Waals surface area contributed by atoms with Gasteiger partial charge in [0.2, 0.25) is 0 Å². The highest BCUT2D eigenvalue weighted by Crippen LogP contribution is 2.54. The molecular weight excluding hydrogens is 1680 g/mol. The van der Waals surface area contributed by atoms with Gasteiger partial charge in [-0.3, -0.25) is 38.3 Å². The molecular formula is C75H59BBr2F20N8O7. The van der Waals surface area contributed by atoms with Crippen LogP contribution in [-0.4, -0.2) is 77.3 Å². The third-order valence-corrected chi connectivity index (χ3v) is 20.2. The molecule has 0 spiro atoms. The highest BCUT2D eigenvalue weighted by atomic mass is 79.9. The van der Waals surface area contributed by atoms with Gasteiger partial charge in [0.05, 0.1) is 56.1 Å². The number of halogens is 22. The van der Waals surface area contributed by atoms with Crippen LogP contribution in [-0.2, 0) is 68.5 Å². The summed E-state index contributed by atoms with van der Waals surface area (Å²) in [6.07, 6.45) is -14.6. The first-order valence-electron chi connectivity index (χ1n) is 33.7. The Bertz CT molecular complexity index is 5160. The zero-order valence-electron chi connectivity index (χ0n) is 58.9. The van der Waals surface area contributed by atoms with Gasteiger partial charge in [-0.05, 0) is 179 Å². The van der Waals surface area contributed by atoms with Crippen molar-refractivity contribution < 1.29 is 121 Å². The first-order valence-corrected chi connectivity index (χ1v) is 35.3. The molecule has 2 aliphatic carbocycles. The summed E-state index contributed by atoms with van der Waals surface area (Å²) in [6.45, 7) is 5.26. The van der Waals surface area contributed by atoms with Crippen molar-refractivity contribution in [3.05, 3.63) is 238 Å². The smallest absolute Gasteiger partial charge is 0.399 e. The molecule has 3 aliphatic rings. The second kappa shape index (κ2) is 33.0. The minimum atomic E-state index is -4.12. The Morgan fingerprint density at radius 1 is 0.487 bits per heavy atom. The summed E-state index contributed by atoms with van der Waals surface area (Å²) in [6, 6.07) is 19.2. The van der Waals surface area contributed by atoms with Crippen LogP contribution >= 0.6 is 31.9 Å². The van der Waals surface area contributed by atoms with Crippen LogP contribution in [0.1, 0.15) is 178 Å². The van der Waals surface area contributed by atoms with E-state index in [1.165, 1.54) is 30.3 Å². The Balaban J connectivity index is 0.000000203. The number of ketones is 2. The fraction of sp³-hybridized carbons (Fsp3) is 0.320. The van der Waals surface area contributed by atoms with Crippen LogP contribution in [0.2, 0.25) is 0 Å². The lowest BCUT2D eigenvalue weighted by Crippen LogP contribution is -2.41. The van der Waals surface area contributed by atoms with E-state index in [1.54, 1.807) is 12.1 Å². The molecule has 0 saturated carbocycles. The average Bonchev–Trinajstić information content (AvgIpc) is 1.61. The third kappa shape index (κ3) is 19.1. The lowest BCUT2D eigenvalue weighted by molar-refractivity contribution is -0.122. The molecule has 0 radical (unpaired) electrons. The number of fused-ring (bicyclic) bond motifs is 2. The number of aromatic nitrogens is 6. The standard InChI is InChI=1S/C38H27F10N5O3.C24H17Br2F8N3O.C13H15BF2O3/c39-21-10-17(11-22(40)15-21)9-20(12-23(54)16-53-33-30(32(52-53)34(43)44)37(45,46)7-8-38(33,47)48)31-24(18-1-4-27(41)25(13-18)35(49)55)3-6-29(51-31)19-2-5-28(42)26(14-19)36(50)56;25-16-1-2-17(26)35-19(16)12(5-11-6-13(27)9-14(28)7-11)8-15(38)10-37-21-18(20(36-37)22(29)30)23(31,32)3-4-24(21,33)34;1-12(2)13(3,4)19-14(18-12)8-5-6-10(15)9(7-8)11(16)17/h1-6,10-11,13-15,20,34H,7-9,12,16H2,(H2,49,55)(H2,50,56);1-2,6-7,9,12,22H,3-5,8,10H2;5-7H,1-4H3/t20-;12-;/m11./s1. The van der Waals surface area contributed by atoms with E-state index in [1.807, 2.05) is 27.7 Å². The largest absolute Gasteiger partial charge is 0.494 e. The highest BCUT2D eigenvalue weighted by Gasteiger charge is 2.57. The number of Topliss-reactive ketones (excluding diaryl/α,β-unsaturated/α-hetero) is 2. The molecule has 12 rings (SSSR count). The van der Waals surface area contributed by atoms with E-state index >= 15 is 8.78 Å². The lowest BCUT2D eigenvalue weighted by Gasteiger charge is -2.32. The van der Waals surface area contributed by atoms with E-state index in [0.29, 0.717) is 26.7 Å². The fourth-order valence-corrected chi connectivity index (χ4v) is 14.0. The van der Waals surface area contributed by atoms with Crippen LogP contribution < -0.4 is 16.9 Å². The van der Waals surface area contributed by atoms with Crippen molar-refractivity contribution in [1.82, 2.24) is 29.5 Å². The van der Waals surface area contributed by atoms with Crippen molar-refractivity contribution >= 4 is 73.9 Å². The number of pyridine rings is 2. The number of nitrogens with two attached hydrogens (primary N) is 2. The molecule has 38 heteroatoms. The maximum atomic E-state index is 15.1. The van der Waals surface area contributed by atoms with Crippen molar-refractivity contribution in [2.45, 2.75) is 152 Å². The van der Waals surface area contributed by atoms with Gasteiger partial charge in [0.25, 0.3) is 48.4 Å². The molecule has 1 aliphatic heterocycles. The number of carbonyl (C=O) groups is 5. The SMILES string of the molecule is CC1(C)OB(c2ccc(F)c(C(=O)F)c2)OC1(C)C.NC(=O)c1cc(-c2ccc(-c3ccc(F)c(C(N)=O)c3)c([C@@H](CC(=O)Cn3nc(C(F)F)c4c3C(F)(F)CCC4(F)F)Cc3cc(F)cc(F)c3)n2)ccc1F.O=C(C[C@@H](Cc1cc(F)cc(F)c1)c1nc(Br)ccc1Br)Cn1nc(C(F)F)c2c1C(F)(F)CCC2(F)F. The van der Waals surface area contributed by atoms with Crippen LogP contribution in [0, 0.1) is 40.7 Å². The van der Waals surface area contributed by atoms with Crippen LogP contribution in [0.15, 0.2) is 124 Å². The van der Waals surface area contributed by atoms with Crippen LogP contribution in [0.5, 0.6) is 0 Å². The summed E-state index contributed by atoms with van der Waals surface area (Å²) in [5.74, 6) is -29.2. The molecule has 0 bridgehead atoms. The van der Waals surface area contributed by atoms with E-state index in [2.05, 4.69) is 52.0 Å². The summed E-state index contributed by atoms with van der Waals surface area (Å²) in [4.78, 5) is 70.5. The molecule has 113 heavy (non-hydrogen) atoms. The third-order valence-electron chi connectivity index (χ3n) is 19.0. The minimum Gasteiger partial charge on any atom is -0.399 e. The molecule has 9 aromatic rings. The van der Waals surface area contributed by atoms with Gasteiger partial charge in [-0.1, -0.05) is 18.2 Å². The number of hydrogen-bond donors (Lipinski definition) is 2. The zero-order valence-corrected chi connectivity index (χ0v) is 62.1. The van der Waals surface area contributed by atoms with Gasteiger partial charge < -0.3 is 20.8 Å². The zero-order chi connectivity index (χ0) is 83.3. The fourth-order valence-electron chi connectivity index (χ4n) is 13.1. The summed E-state index contributed by atoms with van der Waals surface area (Å²) in [7, 11) is -0.747. The van der Waals surface area contributed by atoms with Crippen LogP contribution in [0.3, 0.4) is 0 Å². The van der Waals surface area contributed by atoms with Crippen LogP contribution in [0.4, 0.5) is 87.8 Å². The molecule has 5 heterocycles. The van der Waals surface area contributed by atoms with Gasteiger partial charge >= 0.3 is 13.2 Å². The number of amides is 2. The van der Waals surface area contributed by atoms with Gasteiger partial charge in [-0.15, -0.1) is 0 Å². The molecule has 4 N–H and O–H groups in total. The van der Waals surface area contributed by atoms with E-state index in [4.69, 9.17) is 20.8 Å². The molecule has 2 atom stereocenters. The van der Waals surface area contributed by atoms with Gasteiger partial charge in [-0.25, -0.2) is 70.8 Å². The monoisotopic (exact) mass is 1730 g/mol. The Hall–Kier alpha value is -9.69. The number of benzene rings is 5. The Kier molecular flexibility index (Phi) is 25.1. The first kappa shape index (κ1) is 85.7. The molecule has 1 fully saturated rings. The van der Waals surface area contributed by atoms with Crippen LogP contribution in [0.25, 0.3) is 22.4 Å². The van der Waals surface area contributed by atoms with Crippen molar-refractivity contribution in [3.8, 4) is 22.4 Å². The number of rotatable bonds is 22. The van der Waals surface area contributed by atoms with Gasteiger partial charge in [0.1, 0.15) is 81.2 Å². The minimum absolute atomic E-state index is 0.00375. The number of primary amides is 2. The summed E-state index contributed by atoms with van der Waals surface area (Å²) in [5.41, 5.74) is -0.607. The molecule has 4 aromatic heterocycles. The summed E-state index contributed by atoms with van der Waals surface area (Å²) in [5, 5.41) is 6.61. The molecule has 1 saturated heterocycles. The normalized spacial score (nSPS) is 16.6. The van der Waals surface area contributed by atoms with Crippen molar-refractivity contribution in [1.29, 1.82) is 0 Å². The molecule has 15 nitrogen and oxygen atoms in total. The van der Waals surface area contributed by atoms with Crippen molar-refractivity contribution in [2.24, 2.45) is 11.5 Å². The number of carbonyl (C=O) groups excluding carboxylic acids is 5. The molecule has 5 aromatic carbocycles. The van der Waals surface area contributed by atoms with E-state index < -0.39 is 245 Å². The predicted molar refractivity (Wildman–Crippen MR) is 373 cm³/mol. The van der Waals surface area contributed by atoms with Crippen molar-refractivity contribution in [3.63, 3.8) is 0 Å². The summed E-state index contributed by atoms with van der Waals surface area (Å²) < 4.78 is 297.